The molecule has 25 heavy (non-hydrogen) atoms. The van der Waals surface area contributed by atoms with Crippen LogP contribution >= 0.6 is 0 Å². The Morgan fingerprint density at radius 2 is 2.04 bits per heavy atom. The van der Waals surface area contributed by atoms with Crippen LogP contribution in [0.4, 0.5) is 0 Å². The first-order valence-electron chi connectivity index (χ1n) is 9.64. The van der Waals surface area contributed by atoms with Gasteiger partial charge < -0.3 is 15.4 Å². The molecular weight excluding hydrogens is 312 g/mol. The number of rotatable bonds is 7. The minimum Gasteiger partial charge on any atom is -0.373 e. The standard InChI is InChI=1S/C20H32N4O/c1-4-24(5-2)14-16-8-6-7-15(11-16)13-22-20(21-3)23-18-12-17-9-10-19(18)25-17/h6-8,11,17-19H,4-5,9-10,12-14H2,1-3H3,(H2,21,22,23). The lowest BCUT2D eigenvalue weighted by atomic mass is 9.96. The minimum atomic E-state index is 0.362. The van der Waals surface area contributed by atoms with E-state index in [0.29, 0.717) is 18.2 Å². The average Bonchev–Trinajstić information content (AvgIpc) is 3.26. The van der Waals surface area contributed by atoms with E-state index in [2.05, 4.69) is 58.6 Å². The molecule has 0 aromatic heterocycles. The Kier molecular flexibility index (Phi) is 6.32. The highest BCUT2D eigenvalue weighted by molar-refractivity contribution is 5.80. The number of hydrogen-bond donors (Lipinski definition) is 2. The summed E-state index contributed by atoms with van der Waals surface area (Å²) in [5, 5.41) is 6.99. The zero-order valence-corrected chi connectivity index (χ0v) is 15.8. The molecule has 138 valence electrons. The van der Waals surface area contributed by atoms with E-state index in [9.17, 15) is 0 Å². The van der Waals surface area contributed by atoms with E-state index in [1.165, 1.54) is 24.0 Å². The van der Waals surface area contributed by atoms with E-state index in [1.807, 2.05) is 7.05 Å². The summed E-state index contributed by atoms with van der Waals surface area (Å²) in [6.45, 7) is 8.39. The lowest BCUT2D eigenvalue weighted by Crippen LogP contribution is -2.47. The number of fused-ring (bicyclic) bond motifs is 2. The first-order valence-corrected chi connectivity index (χ1v) is 9.64. The summed E-state index contributed by atoms with van der Waals surface area (Å²) in [5.41, 5.74) is 2.66. The van der Waals surface area contributed by atoms with Crippen molar-refractivity contribution in [2.75, 3.05) is 20.1 Å². The van der Waals surface area contributed by atoms with E-state index in [-0.39, 0.29) is 0 Å². The summed E-state index contributed by atoms with van der Waals surface area (Å²) in [7, 11) is 1.83. The molecule has 3 atom stereocenters. The molecule has 5 heteroatoms. The van der Waals surface area contributed by atoms with Crippen LogP contribution in [0.2, 0.25) is 0 Å². The largest absolute Gasteiger partial charge is 0.373 e. The Labute approximate surface area is 151 Å². The summed E-state index contributed by atoms with van der Waals surface area (Å²) in [6.07, 6.45) is 4.31. The molecule has 3 rings (SSSR count). The highest BCUT2D eigenvalue weighted by Crippen LogP contribution is 2.34. The van der Waals surface area contributed by atoms with Crippen molar-refractivity contribution in [2.45, 2.75) is 64.4 Å². The molecule has 0 spiro atoms. The van der Waals surface area contributed by atoms with Crippen LogP contribution in [-0.4, -0.2) is 49.2 Å². The number of ether oxygens (including phenoxy) is 1. The van der Waals surface area contributed by atoms with Crippen molar-refractivity contribution in [1.29, 1.82) is 0 Å². The summed E-state index contributed by atoms with van der Waals surface area (Å²) in [6, 6.07) is 9.22. The molecule has 1 aromatic carbocycles. The first kappa shape index (κ1) is 18.2. The Bertz CT molecular complexity index is 585. The highest BCUT2D eigenvalue weighted by Gasteiger charge is 2.41. The lowest BCUT2D eigenvalue weighted by molar-refractivity contribution is 0.0992. The van der Waals surface area contributed by atoms with Crippen LogP contribution in [0.5, 0.6) is 0 Å². The third kappa shape index (κ3) is 4.73. The van der Waals surface area contributed by atoms with Gasteiger partial charge in [0, 0.05) is 20.1 Å². The molecule has 3 unspecified atom stereocenters. The lowest BCUT2D eigenvalue weighted by Gasteiger charge is -2.23. The molecule has 2 aliphatic rings. The number of benzene rings is 1. The van der Waals surface area contributed by atoms with Gasteiger partial charge in [0.25, 0.3) is 0 Å². The van der Waals surface area contributed by atoms with Crippen LogP contribution in [0, 0.1) is 0 Å². The molecule has 2 N–H and O–H groups in total. The van der Waals surface area contributed by atoms with Gasteiger partial charge in [0.15, 0.2) is 5.96 Å². The van der Waals surface area contributed by atoms with Crippen LogP contribution < -0.4 is 10.6 Å². The second-order valence-corrected chi connectivity index (χ2v) is 7.07. The van der Waals surface area contributed by atoms with Crippen molar-refractivity contribution in [3.63, 3.8) is 0 Å². The van der Waals surface area contributed by atoms with Crippen molar-refractivity contribution in [1.82, 2.24) is 15.5 Å². The highest BCUT2D eigenvalue weighted by atomic mass is 16.5. The number of nitrogens with one attached hydrogen (secondary N) is 2. The van der Waals surface area contributed by atoms with Gasteiger partial charge >= 0.3 is 0 Å². The molecule has 1 aromatic rings. The number of nitrogens with zero attached hydrogens (tertiary/aromatic N) is 2. The summed E-state index contributed by atoms with van der Waals surface area (Å²) >= 11 is 0. The number of aliphatic imine (C=N–C) groups is 1. The SMILES string of the molecule is CCN(CC)Cc1cccc(CNC(=NC)NC2CC3CCC2O3)c1. The fourth-order valence-corrected chi connectivity index (χ4v) is 3.89. The van der Waals surface area contributed by atoms with Crippen molar-refractivity contribution in [3.8, 4) is 0 Å². The molecule has 0 radical (unpaired) electrons. The molecule has 0 amide bonds. The van der Waals surface area contributed by atoms with Crippen LogP contribution in [0.15, 0.2) is 29.3 Å². The quantitative estimate of drug-likeness (QED) is 0.589. The van der Waals surface area contributed by atoms with E-state index >= 15 is 0 Å². The van der Waals surface area contributed by atoms with Crippen molar-refractivity contribution < 1.29 is 4.74 Å². The zero-order chi connectivity index (χ0) is 17.6. The van der Waals surface area contributed by atoms with Gasteiger partial charge in [-0.05, 0) is 43.5 Å². The van der Waals surface area contributed by atoms with E-state index in [0.717, 1.165) is 38.6 Å². The van der Waals surface area contributed by atoms with Crippen molar-refractivity contribution in [2.24, 2.45) is 4.99 Å². The zero-order valence-electron chi connectivity index (χ0n) is 15.8. The monoisotopic (exact) mass is 344 g/mol. The van der Waals surface area contributed by atoms with Crippen LogP contribution in [0.1, 0.15) is 44.2 Å². The first-order chi connectivity index (χ1) is 12.2. The van der Waals surface area contributed by atoms with E-state index < -0.39 is 0 Å². The Morgan fingerprint density at radius 3 is 2.68 bits per heavy atom. The van der Waals surface area contributed by atoms with E-state index in [4.69, 9.17) is 4.74 Å². The second kappa shape index (κ2) is 8.68. The Hall–Kier alpha value is -1.59. The van der Waals surface area contributed by atoms with Gasteiger partial charge in [-0.25, -0.2) is 0 Å². The molecule has 2 heterocycles. The topological polar surface area (TPSA) is 48.9 Å². The Morgan fingerprint density at radius 1 is 1.24 bits per heavy atom. The predicted octanol–water partition coefficient (Wildman–Crippen LogP) is 2.51. The van der Waals surface area contributed by atoms with Gasteiger partial charge in [0.05, 0.1) is 18.2 Å². The molecule has 0 saturated carbocycles. The Balaban J connectivity index is 1.51. The maximum atomic E-state index is 5.92. The number of guanidine groups is 1. The smallest absolute Gasteiger partial charge is 0.191 e. The minimum absolute atomic E-state index is 0.362. The van der Waals surface area contributed by atoms with Crippen LogP contribution in [-0.2, 0) is 17.8 Å². The van der Waals surface area contributed by atoms with Gasteiger partial charge in [-0.15, -0.1) is 0 Å². The molecule has 2 saturated heterocycles. The van der Waals surface area contributed by atoms with Gasteiger partial charge in [0.2, 0.25) is 0 Å². The van der Waals surface area contributed by atoms with Gasteiger partial charge in [-0.2, -0.15) is 0 Å². The van der Waals surface area contributed by atoms with Gasteiger partial charge in [0.1, 0.15) is 0 Å². The molecular formula is C20H32N4O. The molecule has 2 aliphatic heterocycles. The summed E-state index contributed by atoms with van der Waals surface area (Å²) in [4.78, 5) is 6.81. The third-order valence-electron chi connectivity index (χ3n) is 5.40. The van der Waals surface area contributed by atoms with Crippen molar-refractivity contribution in [3.05, 3.63) is 35.4 Å². The van der Waals surface area contributed by atoms with Crippen LogP contribution in [0.25, 0.3) is 0 Å². The fraction of sp³-hybridized carbons (Fsp3) is 0.650. The van der Waals surface area contributed by atoms with Gasteiger partial charge in [-0.3, -0.25) is 9.89 Å². The molecule has 2 bridgehead atoms. The number of hydrogen-bond acceptors (Lipinski definition) is 3. The normalized spacial score (nSPS) is 25.6. The van der Waals surface area contributed by atoms with Crippen molar-refractivity contribution >= 4 is 5.96 Å². The molecule has 5 nitrogen and oxygen atoms in total. The maximum Gasteiger partial charge on any atom is 0.191 e. The van der Waals surface area contributed by atoms with Crippen LogP contribution in [0.3, 0.4) is 0 Å². The predicted molar refractivity (Wildman–Crippen MR) is 103 cm³/mol. The van der Waals surface area contributed by atoms with Gasteiger partial charge in [-0.1, -0.05) is 38.1 Å². The van der Waals surface area contributed by atoms with E-state index in [1.54, 1.807) is 0 Å². The third-order valence-corrected chi connectivity index (χ3v) is 5.40. The summed E-state index contributed by atoms with van der Waals surface area (Å²) in [5.74, 6) is 0.871. The average molecular weight is 345 g/mol. The fourth-order valence-electron chi connectivity index (χ4n) is 3.89. The maximum absolute atomic E-state index is 5.92. The summed E-state index contributed by atoms with van der Waals surface area (Å²) < 4.78 is 5.92. The molecule has 2 fully saturated rings. The molecule has 0 aliphatic carbocycles. The second-order valence-electron chi connectivity index (χ2n) is 7.07.